The number of hydrogen-bond donors (Lipinski definition) is 2. The maximum absolute atomic E-state index is 9.34. The van der Waals surface area contributed by atoms with E-state index in [4.69, 9.17) is 35.7 Å². The molecule has 0 amide bonds. The first-order valence-electron chi connectivity index (χ1n) is 18.7. The summed E-state index contributed by atoms with van der Waals surface area (Å²) in [6.07, 6.45) is 7.81. The van der Waals surface area contributed by atoms with Crippen LogP contribution in [-0.4, -0.2) is 54.2 Å². The van der Waals surface area contributed by atoms with Crippen LogP contribution in [0.15, 0.2) is 97.3 Å². The van der Waals surface area contributed by atoms with Crippen LogP contribution in [0.5, 0.6) is 17.2 Å². The molecule has 286 valence electrons. The van der Waals surface area contributed by atoms with Gasteiger partial charge in [0.15, 0.2) is 0 Å². The molecule has 55 heavy (non-hydrogen) atoms. The highest BCUT2D eigenvalue weighted by atomic mass is 35.5. The summed E-state index contributed by atoms with van der Waals surface area (Å²) in [6.45, 7) is 10.2. The average molecular weight is 761 g/mol. The van der Waals surface area contributed by atoms with Crippen molar-refractivity contribution in [2.75, 3.05) is 32.8 Å². The Balaban J connectivity index is 0.00000187. The smallest absolute Gasteiger partial charge is 0.290 e. The van der Waals surface area contributed by atoms with Gasteiger partial charge in [0.05, 0.1) is 17.2 Å². The Kier molecular flexibility index (Phi) is 15.9. The van der Waals surface area contributed by atoms with Crippen molar-refractivity contribution in [2.45, 2.75) is 59.3 Å². The van der Waals surface area contributed by atoms with Crippen molar-refractivity contribution in [1.82, 2.24) is 15.2 Å². The fourth-order valence-corrected chi connectivity index (χ4v) is 6.92. The molecule has 1 aromatic heterocycles. The highest BCUT2D eigenvalue weighted by Gasteiger charge is 2.16. The van der Waals surface area contributed by atoms with Crippen LogP contribution < -0.4 is 19.5 Å². The van der Waals surface area contributed by atoms with Gasteiger partial charge in [-0.25, -0.2) is 0 Å². The van der Waals surface area contributed by atoms with E-state index in [-0.39, 0.29) is 13.1 Å². The molecule has 0 spiro atoms. The molecule has 2 heterocycles. The van der Waals surface area contributed by atoms with Gasteiger partial charge < -0.3 is 29.5 Å². The third-order valence-corrected chi connectivity index (χ3v) is 9.96. The molecule has 0 radical (unpaired) electrons. The van der Waals surface area contributed by atoms with Crippen molar-refractivity contribution in [1.29, 1.82) is 5.26 Å². The second-order valence-electron chi connectivity index (χ2n) is 13.4. The van der Waals surface area contributed by atoms with E-state index in [0.717, 1.165) is 70.6 Å². The van der Waals surface area contributed by atoms with E-state index in [2.05, 4.69) is 95.8 Å². The molecule has 1 aliphatic rings. The molecule has 0 unspecified atom stereocenters. The quantitative estimate of drug-likeness (QED) is 0.0708. The van der Waals surface area contributed by atoms with Gasteiger partial charge in [0.2, 0.25) is 0 Å². The predicted octanol–water partition coefficient (Wildman–Crippen LogP) is 8.95. The monoisotopic (exact) mass is 760 g/mol. The van der Waals surface area contributed by atoms with Gasteiger partial charge in [0.1, 0.15) is 36.5 Å². The fourth-order valence-electron chi connectivity index (χ4n) is 6.67. The van der Waals surface area contributed by atoms with E-state index in [0.29, 0.717) is 41.8 Å². The molecule has 9 nitrogen and oxygen atoms in total. The summed E-state index contributed by atoms with van der Waals surface area (Å²) in [6, 6.07) is 30.7. The molecule has 1 saturated heterocycles. The number of nitrogens with one attached hydrogen (secondary N) is 1. The number of carboxylic acid groups (broad SMARTS) is 1. The minimum absolute atomic E-state index is 0.250. The highest BCUT2D eigenvalue weighted by Crippen LogP contribution is 2.36. The summed E-state index contributed by atoms with van der Waals surface area (Å²) >= 11 is 6.86. The Hall–Kier alpha value is -5.40. The summed E-state index contributed by atoms with van der Waals surface area (Å²) in [5.41, 5.74) is 9.15. The maximum atomic E-state index is 9.34. The van der Waals surface area contributed by atoms with Crippen LogP contribution in [0.1, 0.15) is 58.2 Å². The molecular formula is C45H49ClN4O5. The largest absolute Gasteiger partial charge is 0.493 e. The van der Waals surface area contributed by atoms with Gasteiger partial charge in [0.25, 0.3) is 6.47 Å². The first-order valence-corrected chi connectivity index (χ1v) is 19.1. The highest BCUT2D eigenvalue weighted by molar-refractivity contribution is 6.32. The molecular weight excluding hydrogens is 712 g/mol. The fraction of sp³-hybridized carbons (Fsp3) is 0.311. The Labute approximate surface area is 329 Å². The van der Waals surface area contributed by atoms with Crippen molar-refractivity contribution >= 4 is 18.1 Å². The molecule has 5 aromatic rings. The van der Waals surface area contributed by atoms with Crippen LogP contribution in [0, 0.1) is 25.2 Å². The molecule has 10 heteroatoms. The van der Waals surface area contributed by atoms with E-state index in [9.17, 15) is 5.26 Å². The van der Waals surface area contributed by atoms with Gasteiger partial charge in [-0.3, -0.25) is 9.78 Å². The summed E-state index contributed by atoms with van der Waals surface area (Å²) in [7, 11) is 0. The minimum Gasteiger partial charge on any atom is -0.493 e. The van der Waals surface area contributed by atoms with Crippen LogP contribution in [-0.2, 0) is 31.0 Å². The number of halogens is 1. The van der Waals surface area contributed by atoms with Gasteiger partial charge in [-0.15, -0.1) is 0 Å². The summed E-state index contributed by atoms with van der Waals surface area (Å²) < 4.78 is 19.0. The van der Waals surface area contributed by atoms with Crippen molar-refractivity contribution in [3.05, 3.63) is 141 Å². The minimum atomic E-state index is -0.250. The van der Waals surface area contributed by atoms with E-state index in [1.54, 1.807) is 18.5 Å². The maximum Gasteiger partial charge on any atom is 0.290 e. The SMILES string of the molecule is Cc1c(COc2cc(OCc3cncc(C#N)c3)c(CNCCc3ccccc3)cc2Cl)cccc1-c1cccc(OCCCN2CCCC2)c1C.O=CO. The Morgan fingerprint density at radius 2 is 1.56 bits per heavy atom. The van der Waals surface area contributed by atoms with Crippen LogP contribution in [0.4, 0.5) is 0 Å². The third-order valence-electron chi connectivity index (χ3n) is 9.66. The Morgan fingerprint density at radius 3 is 2.33 bits per heavy atom. The molecule has 1 aliphatic heterocycles. The number of ether oxygens (including phenoxy) is 3. The Morgan fingerprint density at radius 1 is 0.836 bits per heavy atom. The summed E-state index contributed by atoms with van der Waals surface area (Å²) in [5, 5.41) is 20.3. The molecule has 0 atom stereocenters. The average Bonchev–Trinajstić information content (AvgIpc) is 3.73. The molecule has 2 N–H and O–H groups in total. The van der Waals surface area contributed by atoms with Gasteiger partial charge in [-0.05, 0) is 111 Å². The molecule has 0 saturated carbocycles. The first-order chi connectivity index (χ1) is 26.9. The zero-order valence-electron chi connectivity index (χ0n) is 31.6. The Bertz CT molecular complexity index is 2030. The summed E-state index contributed by atoms with van der Waals surface area (Å²) in [4.78, 5) is 15.1. The van der Waals surface area contributed by atoms with Crippen LogP contribution in [0.3, 0.4) is 0 Å². The van der Waals surface area contributed by atoms with E-state index in [1.807, 2.05) is 18.2 Å². The third kappa shape index (κ3) is 12.0. The second kappa shape index (κ2) is 21.5. The zero-order valence-corrected chi connectivity index (χ0v) is 32.4. The predicted molar refractivity (Wildman–Crippen MR) is 217 cm³/mol. The molecule has 0 bridgehead atoms. The van der Waals surface area contributed by atoms with Crippen LogP contribution in [0.2, 0.25) is 5.02 Å². The van der Waals surface area contributed by atoms with Gasteiger partial charge in [-0.2, -0.15) is 5.26 Å². The number of likely N-dealkylation sites (tertiary alicyclic amines) is 1. The van der Waals surface area contributed by atoms with Crippen LogP contribution >= 0.6 is 11.6 Å². The van der Waals surface area contributed by atoms with Crippen molar-refractivity contribution in [2.24, 2.45) is 0 Å². The lowest BCUT2D eigenvalue weighted by Gasteiger charge is -2.19. The molecule has 1 fully saturated rings. The number of nitriles is 1. The van der Waals surface area contributed by atoms with E-state index < -0.39 is 0 Å². The number of benzene rings is 4. The lowest BCUT2D eigenvalue weighted by atomic mass is 9.93. The number of hydrogen-bond acceptors (Lipinski definition) is 8. The molecule has 6 rings (SSSR count). The molecule has 0 aliphatic carbocycles. The number of pyridine rings is 1. The summed E-state index contributed by atoms with van der Waals surface area (Å²) in [5.74, 6) is 2.13. The first kappa shape index (κ1) is 40.8. The number of nitrogens with zero attached hydrogens (tertiary/aromatic N) is 3. The standard InChI is InChI=1S/C44H47ClN4O3.CH2O2/c1-32-37(13-8-14-39(32)40-15-9-16-42(33(40)2)50-22-10-21-49-19-6-7-20-49)31-52-44-25-43(51-30-36-23-35(26-46)27-48-28-36)38(24-41(44)45)29-47-18-17-34-11-4-3-5-12-34;2-1-3/h3-5,8-9,11-16,23-25,27-28,47H,6-7,10,17-22,29-31H2,1-2H3;1H,(H,2,3). The van der Waals surface area contributed by atoms with Gasteiger partial charge in [0, 0.05) is 42.7 Å². The number of carbonyl (C=O) groups is 1. The van der Waals surface area contributed by atoms with Crippen molar-refractivity contribution in [3.63, 3.8) is 0 Å². The second-order valence-corrected chi connectivity index (χ2v) is 13.9. The lowest BCUT2D eigenvalue weighted by molar-refractivity contribution is -0.122. The van der Waals surface area contributed by atoms with Crippen LogP contribution in [0.25, 0.3) is 11.1 Å². The van der Waals surface area contributed by atoms with E-state index >= 15 is 0 Å². The van der Waals surface area contributed by atoms with Gasteiger partial charge >= 0.3 is 0 Å². The van der Waals surface area contributed by atoms with Gasteiger partial charge in [-0.1, -0.05) is 72.3 Å². The van der Waals surface area contributed by atoms with Crippen molar-refractivity contribution < 1.29 is 24.1 Å². The topological polar surface area (TPSA) is 117 Å². The van der Waals surface area contributed by atoms with E-state index in [1.165, 1.54) is 31.5 Å². The normalized spacial score (nSPS) is 12.3. The molecule has 4 aromatic carbocycles. The number of aromatic nitrogens is 1. The number of rotatable bonds is 17. The lowest BCUT2D eigenvalue weighted by Crippen LogP contribution is -2.22. The van der Waals surface area contributed by atoms with Crippen molar-refractivity contribution in [3.8, 4) is 34.4 Å². The zero-order chi connectivity index (χ0) is 38.8.